The third-order valence-corrected chi connectivity index (χ3v) is 13.4. The van der Waals surface area contributed by atoms with Crippen molar-refractivity contribution in [3.63, 3.8) is 0 Å². The number of methoxy groups -OCH3 is 2. The number of anilines is 5. The zero-order valence-electron chi connectivity index (χ0n) is 43.8. The number of aliphatic hydroxyl groups excluding tert-OH is 2. The molecule has 0 aliphatic carbocycles. The molecule has 2 fully saturated rings. The van der Waals surface area contributed by atoms with Crippen LogP contribution in [-0.4, -0.2) is 152 Å². The summed E-state index contributed by atoms with van der Waals surface area (Å²) < 4.78 is 28.6. The van der Waals surface area contributed by atoms with Crippen LogP contribution in [0.2, 0.25) is 0 Å². The first-order valence-electron chi connectivity index (χ1n) is 25.0. The quantitative estimate of drug-likeness (QED) is 0.0437. The maximum absolute atomic E-state index is 13.9. The molecule has 6 heterocycles. The van der Waals surface area contributed by atoms with Gasteiger partial charge >= 0.3 is 5.69 Å². The van der Waals surface area contributed by atoms with Gasteiger partial charge in [-0.05, 0) is 44.2 Å². The Morgan fingerprint density at radius 1 is 0.714 bits per heavy atom. The topological polar surface area (TPSA) is 252 Å². The summed E-state index contributed by atoms with van der Waals surface area (Å²) in [5.41, 5.74) is 5.76. The Morgan fingerprint density at radius 2 is 1.19 bits per heavy atom. The number of likely N-dealkylation sites (N-methyl/N-ethyl adjacent to an activating group) is 2. The summed E-state index contributed by atoms with van der Waals surface area (Å²) in [6, 6.07) is 24.8. The predicted octanol–water partition coefficient (Wildman–Crippen LogP) is 7.51. The van der Waals surface area contributed by atoms with Crippen LogP contribution in [0.25, 0.3) is 44.3 Å². The molecule has 8 aromatic rings. The number of aryl methyl sites for hydroxylation is 2. The number of halogens is 1. The van der Waals surface area contributed by atoms with E-state index in [0.29, 0.717) is 48.4 Å². The van der Waals surface area contributed by atoms with Gasteiger partial charge < -0.3 is 49.7 Å². The molecule has 2 aliphatic heterocycles. The largest absolute Gasteiger partial charge is 0.494 e. The molecule has 0 bridgehead atoms. The van der Waals surface area contributed by atoms with Gasteiger partial charge in [-0.3, -0.25) is 30.0 Å². The molecule has 2 aliphatic rings. The first-order valence-corrected chi connectivity index (χ1v) is 25.0. The predicted molar refractivity (Wildman–Crippen MR) is 295 cm³/mol. The molecule has 0 spiro atoms. The van der Waals surface area contributed by atoms with Gasteiger partial charge in [-0.15, -0.1) is 0 Å². The van der Waals surface area contributed by atoms with E-state index in [1.807, 2.05) is 103 Å². The smallest absolute Gasteiger partial charge is 0.307 e. The van der Waals surface area contributed by atoms with E-state index in [1.165, 1.54) is 20.3 Å². The lowest BCUT2D eigenvalue weighted by Crippen LogP contribution is -2.32. The Morgan fingerprint density at radius 3 is 1.66 bits per heavy atom. The first kappa shape index (κ1) is 54.9. The number of hydrogen-bond donors (Lipinski definition) is 5. The summed E-state index contributed by atoms with van der Waals surface area (Å²) in [5.74, 6) is 0.0645. The number of nitro groups is 2. The highest BCUT2D eigenvalue weighted by molar-refractivity contribution is 5.96. The van der Waals surface area contributed by atoms with Crippen LogP contribution in [0, 0.1) is 26.0 Å². The van der Waals surface area contributed by atoms with Crippen molar-refractivity contribution in [2.45, 2.75) is 25.0 Å². The fraction of sp³-hybridized carbons (Fsp3) is 0.333. The van der Waals surface area contributed by atoms with Gasteiger partial charge in [-0.2, -0.15) is 4.39 Å². The van der Waals surface area contributed by atoms with Gasteiger partial charge in [0.2, 0.25) is 17.7 Å². The summed E-state index contributed by atoms with van der Waals surface area (Å²) in [6.45, 7) is 6.72. The van der Waals surface area contributed by atoms with E-state index in [-0.39, 0.29) is 35.3 Å². The molecule has 2 saturated heterocycles. The number of aliphatic hydroxyl groups is 2. The molecule has 22 nitrogen and oxygen atoms in total. The van der Waals surface area contributed by atoms with E-state index in [1.54, 1.807) is 24.5 Å². The third kappa shape index (κ3) is 13.2. The van der Waals surface area contributed by atoms with Crippen molar-refractivity contribution < 1.29 is 33.9 Å². The van der Waals surface area contributed by atoms with Crippen molar-refractivity contribution in [2.75, 3.05) is 96.2 Å². The highest BCUT2D eigenvalue weighted by Gasteiger charge is 2.26. The second-order valence-corrected chi connectivity index (χ2v) is 18.7. The lowest BCUT2D eigenvalue weighted by atomic mass is 10.1. The maximum Gasteiger partial charge on any atom is 0.307 e. The van der Waals surface area contributed by atoms with Gasteiger partial charge in [-0.1, -0.05) is 36.4 Å². The van der Waals surface area contributed by atoms with Gasteiger partial charge in [0, 0.05) is 155 Å². The maximum atomic E-state index is 13.9. The van der Waals surface area contributed by atoms with Crippen LogP contribution in [0.5, 0.6) is 11.5 Å². The average Bonchev–Trinajstić information content (AvgIpc) is 4.23. The molecule has 0 amide bonds. The molecule has 4 aromatic carbocycles. The zero-order valence-corrected chi connectivity index (χ0v) is 43.8. The van der Waals surface area contributed by atoms with Crippen molar-refractivity contribution in [1.29, 1.82) is 0 Å². The number of nitro benzene ring substituents is 2. The summed E-state index contributed by atoms with van der Waals surface area (Å²) in [6.07, 6.45) is 8.56. The minimum absolute atomic E-state index is 0.0533. The Kier molecular flexibility index (Phi) is 17.8. The highest BCUT2D eigenvalue weighted by atomic mass is 19.1. The number of nitrogens with zero attached hydrogens (tertiary/aromatic N) is 11. The lowest BCUT2D eigenvalue weighted by molar-refractivity contribution is -0.387. The normalized spacial score (nSPS) is 15.4. The van der Waals surface area contributed by atoms with Gasteiger partial charge in [0.1, 0.15) is 17.2 Å². The second-order valence-electron chi connectivity index (χ2n) is 18.7. The third-order valence-electron chi connectivity index (χ3n) is 13.4. The molecule has 10 rings (SSSR count). The summed E-state index contributed by atoms with van der Waals surface area (Å²) in [5, 5.41) is 53.2. The molecule has 77 heavy (non-hydrogen) atoms. The lowest BCUT2D eigenvalue weighted by Gasteiger charge is -2.24. The van der Waals surface area contributed by atoms with E-state index in [0.717, 1.165) is 96.3 Å². The number of β-amino-alcohol motifs (C(OH)–C–C–N with tert-alkyl or cyclic N) is 2. The minimum atomic E-state index is -0.983. The standard InChI is InChI=1S/C27H31N7O4.C20H16FN5O3.C7H16N2O/c1-31(12-13-33-11-9-18(35)16-33)24-15-26(38-3)22(14-25(24)34(36)37)30-27-28-10-8-21(29-27)20-17-32(2)23-7-5-4-6-19(20)23;1-25-11-13(12-5-3-4-6-17(12)25)15-7-8-22-20(23-15)24-16-10-18(26(27)28)14(21)9-19(16)29-2;1-8-3-5-9-4-2-7(10)6-9/h4-8,10,14-15,17-18,35H,9,11-13,16H2,1-3H3,(H,28,29,30);3-11H,1-2H3,(H,22,23,24);7-8,10H,2-6H2,1H3. The van der Waals surface area contributed by atoms with Gasteiger partial charge in [0.25, 0.3) is 5.69 Å². The van der Waals surface area contributed by atoms with Crippen LogP contribution in [-0.2, 0) is 14.1 Å². The number of aromatic nitrogens is 6. The monoisotopic (exact) mass is 1050 g/mol. The second kappa shape index (κ2) is 25.0. The van der Waals surface area contributed by atoms with E-state index in [2.05, 4.69) is 46.8 Å². The van der Waals surface area contributed by atoms with E-state index in [9.17, 15) is 29.7 Å². The highest BCUT2D eigenvalue weighted by Crippen LogP contribution is 2.40. The molecule has 404 valence electrons. The summed E-state index contributed by atoms with van der Waals surface area (Å²) in [4.78, 5) is 45.9. The van der Waals surface area contributed by atoms with E-state index < -0.39 is 21.4 Å². The number of hydrogen-bond acceptors (Lipinski definition) is 18. The van der Waals surface area contributed by atoms with Crippen molar-refractivity contribution in [3.05, 3.63) is 136 Å². The fourth-order valence-corrected chi connectivity index (χ4v) is 9.41. The zero-order chi connectivity index (χ0) is 54.8. The molecule has 2 unspecified atom stereocenters. The fourth-order valence-electron chi connectivity index (χ4n) is 9.41. The number of para-hydroxylation sites is 2. The van der Waals surface area contributed by atoms with Crippen LogP contribution in [0.4, 0.5) is 44.7 Å². The molecular formula is C54H63FN14O8. The van der Waals surface area contributed by atoms with Gasteiger partial charge in [-0.25, -0.2) is 19.9 Å². The molecule has 4 aromatic heterocycles. The van der Waals surface area contributed by atoms with Crippen LogP contribution in [0.15, 0.2) is 110 Å². The van der Waals surface area contributed by atoms with E-state index >= 15 is 0 Å². The SMILES string of the molecule is CNCCN1CCC(O)C1.COc1cc(F)c([N+](=O)[O-])cc1Nc1nccc(-c2cn(C)c3ccccc23)n1.COc1cc(N(C)CCN2CCC(O)C2)c([N+](=O)[O-])cc1Nc1nccc(-c2cn(C)c3ccccc23)n1. The van der Waals surface area contributed by atoms with Crippen LogP contribution >= 0.6 is 0 Å². The van der Waals surface area contributed by atoms with Crippen molar-refractivity contribution >= 4 is 62.1 Å². The Hall–Kier alpha value is -8.35. The summed E-state index contributed by atoms with van der Waals surface area (Å²) in [7, 11) is 10.6. The van der Waals surface area contributed by atoms with Crippen molar-refractivity contribution in [1.82, 2.24) is 44.2 Å². The number of ether oxygens (including phenoxy) is 2. The minimum Gasteiger partial charge on any atom is -0.494 e. The van der Waals surface area contributed by atoms with Crippen molar-refractivity contribution in [3.8, 4) is 34.0 Å². The van der Waals surface area contributed by atoms with Crippen LogP contribution < -0.4 is 30.3 Å². The Labute approximate surface area is 444 Å². The van der Waals surface area contributed by atoms with Crippen LogP contribution in [0.3, 0.4) is 0 Å². The summed E-state index contributed by atoms with van der Waals surface area (Å²) >= 11 is 0. The molecular weight excluding hydrogens is 992 g/mol. The molecule has 23 heteroatoms. The van der Waals surface area contributed by atoms with Gasteiger partial charge in [0.15, 0.2) is 0 Å². The number of fused-ring (bicyclic) bond motifs is 2. The number of likely N-dealkylation sites (tertiary alicyclic amines) is 2. The Bertz CT molecular complexity index is 3360. The molecule has 0 saturated carbocycles. The first-order chi connectivity index (χ1) is 37.1. The number of rotatable bonds is 17. The number of benzene rings is 4. The van der Waals surface area contributed by atoms with E-state index in [4.69, 9.17) is 19.6 Å². The van der Waals surface area contributed by atoms with Gasteiger partial charge in [0.05, 0.1) is 59.0 Å². The van der Waals surface area contributed by atoms with Crippen LogP contribution in [0.1, 0.15) is 12.8 Å². The Balaban J connectivity index is 0.000000177. The van der Waals surface area contributed by atoms with Crippen molar-refractivity contribution in [2.24, 2.45) is 14.1 Å². The average molecular weight is 1060 g/mol. The molecule has 5 N–H and O–H groups in total. The molecule has 2 atom stereocenters. The number of nitrogens with one attached hydrogen (secondary N) is 3. The molecule has 0 radical (unpaired) electrons.